The Morgan fingerprint density at radius 1 is 1.23 bits per heavy atom. The lowest BCUT2D eigenvalue weighted by molar-refractivity contribution is 0.102. The highest BCUT2D eigenvalue weighted by molar-refractivity contribution is 7.98. The number of thioether (sulfide) groups is 1. The van der Waals surface area contributed by atoms with Crippen LogP contribution in [0.15, 0.2) is 60.4 Å². The molecular formula is C15H13N5OS. The molecule has 110 valence electrons. The predicted molar refractivity (Wildman–Crippen MR) is 85.3 cm³/mol. The highest BCUT2D eigenvalue weighted by Gasteiger charge is 2.12. The Hall–Kier alpha value is -2.67. The fraction of sp³-hybridized carbons (Fsp3) is 0.0667. The third-order valence-electron chi connectivity index (χ3n) is 2.98. The van der Waals surface area contributed by atoms with Gasteiger partial charge >= 0.3 is 0 Å². The molecule has 3 rings (SSSR count). The van der Waals surface area contributed by atoms with E-state index in [1.165, 1.54) is 11.8 Å². The van der Waals surface area contributed by atoms with Crippen LogP contribution in [0.1, 0.15) is 10.4 Å². The molecule has 0 atom stereocenters. The lowest BCUT2D eigenvalue weighted by Gasteiger charge is -2.08. The molecule has 3 aromatic heterocycles. The minimum atomic E-state index is -0.199. The molecule has 22 heavy (non-hydrogen) atoms. The molecule has 0 fully saturated rings. The van der Waals surface area contributed by atoms with E-state index in [9.17, 15) is 4.79 Å². The van der Waals surface area contributed by atoms with E-state index in [1.807, 2.05) is 12.3 Å². The summed E-state index contributed by atoms with van der Waals surface area (Å²) in [5, 5.41) is 3.52. The third-order valence-corrected chi connectivity index (χ3v) is 3.70. The van der Waals surface area contributed by atoms with Crippen LogP contribution in [-0.4, -0.2) is 31.7 Å². The average molecular weight is 311 g/mol. The van der Waals surface area contributed by atoms with Gasteiger partial charge in [0.05, 0.1) is 17.4 Å². The minimum absolute atomic E-state index is 0.199. The fourth-order valence-electron chi connectivity index (χ4n) is 1.93. The van der Waals surface area contributed by atoms with Crippen LogP contribution in [0.4, 0.5) is 5.69 Å². The van der Waals surface area contributed by atoms with Gasteiger partial charge in [-0.15, -0.1) is 11.8 Å². The molecule has 0 saturated carbocycles. The van der Waals surface area contributed by atoms with Crippen LogP contribution in [0.25, 0.3) is 5.82 Å². The van der Waals surface area contributed by atoms with Crippen molar-refractivity contribution in [3.8, 4) is 5.82 Å². The van der Waals surface area contributed by atoms with Gasteiger partial charge in [0.1, 0.15) is 17.2 Å². The zero-order valence-electron chi connectivity index (χ0n) is 11.8. The van der Waals surface area contributed by atoms with E-state index in [4.69, 9.17) is 0 Å². The summed E-state index contributed by atoms with van der Waals surface area (Å²) in [6.07, 6.45) is 10.3. The van der Waals surface area contributed by atoms with Gasteiger partial charge in [0, 0.05) is 18.6 Å². The van der Waals surface area contributed by atoms with E-state index >= 15 is 0 Å². The lowest BCUT2D eigenvalue weighted by atomic mass is 10.2. The molecule has 7 heteroatoms. The van der Waals surface area contributed by atoms with Crippen LogP contribution in [0.2, 0.25) is 0 Å². The Bertz CT molecular complexity index is 771. The molecule has 0 aromatic carbocycles. The monoisotopic (exact) mass is 311 g/mol. The number of amides is 1. The van der Waals surface area contributed by atoms with E-state index in [2.05, 4.69) is 20.3 Å². The maximum Gasteiger partial charge on any atom is 0.258 e. The zero-order chi connectivity index (χ0) is 15.4. The number of carbonyl (C=O) groups excluding carboxylic acids is 1. The number of nitrogens with zero attached hydrogens (tertiary/aromatic N) is 4. The van der Waals surface area contributed by atoms with Crippen molar-refractivity contribution >= 4 is 23.4 Å². The summed E-state index contributed by atoms with van der Waals surface area (Å²) in [4.78, 5) is 24.8. The van der Waals surface area contributed by atoms with Gasteiger partial charge in [0.2, 0.25) is 0 Å². The quantitative estimate of drug-likeness (QED) is 0.750. The Kier molecular flexibility index (Phi) is 4.15. The average Bonchev–Trinajstić information content (AvgIpc) is 3.10. The first-order chi connectivity index (χ1) is 10.8. The van der Waals surface area contributed by atoms with Crippen LogP contribution < -0.4 is 5.32 Å². The van der Waals surface area contributed by atoms with Crippen molar-refractivity contribution in [1.29, 1.82) is 0 Å². The van der Waals surface area contributed by atoms with E-state index in [0.717, 1.165) is 5.82 Å². The summed E-state index contributed by atoms with van der Waals surface area (Å²) in [6.45, 7) is 0. The van der Waals surface area contributed by atoms with Gasteiger partial charge in [-0.25, -0.2) is 15.0 Å². The second kappa shape index (κ2) is 6.40. The number of rotatable bonds is 4. The van der Waals surface area contributed by atoms with Gasteiger partial charge in [-0.2, -0.15) is 0 Å². The fourth-order valence-corrected chi connectivity index (χ4v) is 2.48. The van der Waals surface area contributed by atoms with Crippen molar-refractivity contribution in [3.05, 3.63) is 60.9 Å². The maximum atomic E-state index is 12.3. The van der Waals surface area contributed by atoms with Crippen LogP contribution in [0, 0.1) is 0 Å². The summed E-state index contributed by atoms with van der Waals surface area (Å²) in [7, 11) is 0. The Balaban J connectivity index is 1.77. The van der Waals surface area contributed by atoms with Gasteiger partial charge in [-0.3, -0.25) is 9.36 Å². The standard InChI is InChI=1S/C15H13N5OS/c1-22-15-12(3-2-6-17-15)14(21)19-11-4-5-13(18-9-11)20-8-7-16-10-20/h2-10H,1H3,(H,19,21). The highest BCUT2D eigenvalue weighted by atomic mass is 32.2. The number of nitrogens with one attached hydrogen (secondary N) is 1. The first-order valence-electron chi connectivity index (χ1n) is 6.52. The van der Waals surface area contributed by atoms with Gasteiger partial charge in [-0.1, -0.05) is 0 Å². The number of carbonyl (C=O) groups is 1. The molecule has 1 N–H and O–H groups in total. The molecule has 3 aromatic rings. The van der Waals surface area contributed by atoms with Gasteiger partial charge in [-0.05, 0) is 30.5 Å². The van der Waals surface area contributed by atoms with Crippen molar-refractivity contribution in [2.75, 3.05) is 11.6 Å². The number of hydrogen-bond donors (Lipinski definition) is 1. The molecule has 0 saturated heterocycles. The summed E-state index contributed by atoms with van der Waals surface area (Å²) in [6, 6.07) is 7.11. The second-order valence-corrected chi connectivity index (χ2v) is 5.18. The molecular weight excluding hydrogens is 298 g/mol. The summed E-state index contributed by atoms with van der Waals surface area (Å²) < 4.78 is 1.79. The molecule has 0 aliphatic rings. The van der Waals surface area contributed by atoms with Crippen molar-refractivity contribution < 1.29 is 4.79 Å². The number of aromatic nitrogens is 4. The van der Waals surface area contributed by atoms with Gasteiger partial charge in [0.25, 0.3) is 5.91 Å². The number of pyridine rings is 2. The van der Waals surface area contributed by atoms with E-state index < -0.39 is 0 Å². The topological polar surface area (TPSA) is 72.7 Å². The molecule has 3 heterocycles. The summed E-state index contributed by atoms with van der Waals surface area (Å²) in [5.74, 6) is 0.538. The molecule has 0 spiro atoms. The minimum Gasteiger partial charge on any atom is -0.321 e. The summed E-state index contributed by atoms with van der Waals surface area (Å²) >= 11 is 1.44. The number of hydrogen-bond acceptors (Lipinski definition) is 5. The third kappa shape index (κ3) is 2.99. The first kappa shape index (κ1) is 14.3. The van der Waals surface area contributed by atoms with Crippen LogP contribution >= 0.6 is 11.8 Å². The molecule has 0 bridgehead atoms. The van der Waals surface area contributed by atoms with Crippen molar-refractivity contribution in [3.63, 3.8) is 0 Å². The van der Waals surface area contributed by atoms with E-state index in [0.29, 0.717) is 16.3 Å². The molecule has 1 amide bonds. The van der Waals surface area contributed by atoms with E-state index in [-0.39, 0.29) is 5.91 Å². The maximum absolute atomic E-state index is 12.3. The Morgan fingerprint density at radius 3 is 2.82 bits per heavy atom. The molecule has 6 nitrogen and oxygen atoms in total. The Morgan fingerprint density at radius 2 is 2.14 bits per heavy atom. The van der Waals surface area contributed by atoms with Crippen molar-refractivity contribution in [1.82, 2.24) is 19.5 Å². The SMILES string of the molecule is CSc1ncccc1C(=O)Nc1ccc(-n2ccnc2)nc1. The largest absolute Gasteiger partial charge is 0.321 e. The number of imidazole rings is 1. The molecule has 0 radical (unpaired) electrons. The molecule has 0 aliphatic carbocycles. The highest BCUT2D eigenvalue weighted by Crippen LogP contribution is 2.18. The smallest absolute Gasteiger partial charge is 0.258 e. The lowest BCUT2D eigenvalue weighted by Crippen LogP contribution is -2.13. The zero-order valence-corrected chi connectivity index (χ0v) is 12.6. The van der Waals surface area contributed by atoms with Crippen LogP contribution in [0.5, 0.6) is 0 Å². The van der Waals surface area contributed by atoms with Crippen molar-refractivity contribution in [2.45, 2.75) is 5.03 Å². The molecule has 0 unspecified atom stereocenters. The van der Waals surface area contributed by atoms with Gasteiger partial charge < -0.3 is 5.32 Å². The van der Waals surface area contributed by atoms with Gasteiger partial charge in [0.15, 0.2) is 0 Å². The van der Waals surface area contributed by atoms with E-state index in [1.54, 1.807) is 53.9 Å². The number of anilines is 1. The predicted octanol–water partition coefficient (Wildman–Crippen LogP) is 2.64. The Labute approximate surface area is 131 Å². The first-order valence-corrected chi connectivity index (χ1v) is 7.75. The normalized spacial score (nSPS) is 10.4. The summed E-state index contributed by atoms with van der Waals surface area (Å²) in [5.41, 5.74) is 1.18. The second-order valence-electron chi connectivity index (χ2n) is 4.39. The van der Waals surface area contributed by atoms with Crippen LogP contribution in [0.3, 0.4) is 0 Å². The van der Waals surface area contributed by atoms with Crippen LogP contribution in [-0.2, 0) is 0 Å². The molecule has 0 aliphatic heterocycles. The van der Waals surface area contributed by atoms with Crippen molar-refractivity contribution in [2.24, 2.45) is 0 Å².